The summed E-state index contributed by atoms with van der Waals surface area (Å²) < 4.78 is 0. The van der Waals surface area contributed by atoms with Crippen molar-refractivity contribution in [3.05, 3.63) is 11.6 Å². The molecule has 1 unspecified atom stereocenters. The van der Waals surface area contributed by atoms with Gasteiger partial charge in [-0.25, -0.2) is 0 Å². The van der Waals surface area contributed by atoms with E-state index in [2.05, 4.69) is 16.7 Å². The molecule has 0 aromatic heterocycles. The first-order chi connectivity index (χ1) is 13.1. The van der Waals surface area contributed by atoms with E-state index in [-0.39, 0.29) is 29.8 Å². The molecule has 2 heterocycles. The molecule has 0 spiro atoms. The average molecular weight is 408 g/mol. The number of amides is 2. The Labute approximate surface area is 174 Å². The second-order valence-corrected chi connectivity index (χ2v) is 9.89. The van der Waals surface area contributed by atoms with E-state index in [1.165, 1.54) is 24.8 Å². The molecule has 6 aliphatic rings. The van der Waals surface area contributed by atoms with Gasteiger partial charge in [0.15, 0.2) is 0 Å². The molecule has 2 amide bonds. The van der Waals surface area contributed by atoms with Crippen molar-refractivity contribution in [2.45, 2.75) is 63.8 Å². The van der Waals surface area contributed by atoms with Gasteiger partial charge in [-0.2, -0.15) is 0 Å². The van der Waals surface area contributed by atoms with E-state index < -0.39 is 0 Å². The predicted molar refractivity (Wildman–Crippen MR) is 111 cm³/mol. The Kier molecular flexibility index (Phi) is 5.76. The largest absolute Gasteiger partial charge is 0.351 e. The normalized spacial score (nSPS) is 38.7. The van der Waals surface area contributed by atoms with Crippen LogP contribution in [0.15, 0.2) is 11.6 Å². The van der Waals surface area contributed by atoms with Gasteiger partial charge >= 0.3 is 0 Å². The molecule has 2 aliphatic heterocycles. The highest BCUT2D eigenvalue weighted by atomic mass is 35.5. The molecule has 1 saturated heterocycles. The number of likely N-dealkylation sites (tertiary alicyclic amines) is 1. The lowest BCUT2D eigenvalue weighted by atomic mass is 9.49. The van der Waals surface area contributed by atoms with Crippen LogP contribution in [0.25, 0.3) is 0 Å². The van der Waals surface area contributed by atoms with Crippen molar-refractivity contribution in [3.8, 4) is 0 Å². The fourth-order valence-electron chi connectivity index (χ4n) is 7.11. The third-order valence-corrected chi connectivity index (χ3v) is 7.96. The summed E-state index contributed by atoms with van der Waals surface area (Å²) in [7, 11) is 0. The lowest BCUT2D eigenvalue weighted by molar-refractivity contribution is -0.160. The molecular formula is C22H34ClN3O2. The van der Waals surface area contributed by atoms with Gasteiger partial charge in [0.05, 0.1) is 5.41 Å². The van der Waals surface area contributed by atoms with E-state index >= 15 is 0 Å². The third-order valence-electron chi connectivity index (χ3n) is 7.96. The number of nitrogens with one attached hydrogen (secondary N) is 2. The van der Waals surface area contributed by atoms with Gasteiger partial charge in [-0.15, -0.1) is 12.4 Å². The number of carbonyl (C=O) groups excluding carboxylic acids is 2. The Hall–Kier alpha value is -1.07. The zero-order chi connectivity index (χ0) is 18.4. The summed E-state index contributed by atoms with van der Waals surface area (Å²) in [6.07, 6.45) is 12.3. The summed E-state index contributed by atoms with van der Waals surface area (Å²) in [6, 6.07) is -0.243. The second-order valence-electron chi connectivity index (χ2n) is 9.89. The van der Waals surface area contributed by atoms with Crippen molar-refractivity contribution < 1.29 is 9.59 Å². The highest BCUT2D eigenvalue weighted by Gasteiger charge is 2.56. The molecular weight excluding hydrogens is 374 g/mol. The van der Waals surface area contributed by atoms with Crippen molar-refractivity contribution in [3.63, 3.8) is 0 Å². The van der Waals surface area contributed by atoms with Gasteiger partial charge < -0.3 is 15.5 Å². The van der Waals surface area contributed by atoms with E-state index in [0.717, 1.165) is 75.9 Å². The van der Waals surface area contributed by atoms with Crippen LogP contribution >= 0.6 is 12.4 Å². The van der Waals surface area contributed by atoms with Crippen LogP contribution in [0.5, 0.6) is 0 Å². The summed E-state index contributed by atoms with van der Waals surface area (Å²) in [5.74, 6) is 2.68. The quantitative estimate of drug-likeness (QED) is 0.704. The van der Waals surface area contributed by atoms with Gasteiger partial charge in [0.25, 0.3) is 0 Å². The van der Waals surface area contributed by atoms with Gasteiger partial charge in [-0.05, 0) is 82.1 Å². The topological polar surface area (TPSA) is 61.4 Å². The molecule has 4 aliphatic carbocycles. The maximum absolute atomic E-state index is 13.6. The zero-order valence-corrected chi connectivity index (χ0v) is 17.6. The Morgan fingerprint density at radius 1 is 1.14 bits per heavy atom. The molecule has 28 heavy (non-hydrogen) atoms. The third kappa shape index (κ3) is 3.60. The number of nitrogens with zero attached hydrogens (tertiary/aromatic N) is 1. The number of hydrogen-bond acceptors (Lipinski definition) is 3. The summed E-state index contributed by atoms with van der Waals surface area (Å²) in [5.41, 5.74) is 1.17. The first-order valence-electron chi connectivity index (χ1n) is 11.1. The number of hydrogen-bond donors (Lipinski definition) is 2. The molecule has 0 aromatic carbocycles. The molecule has 2 N–H and O–H groups in total. The van der Waals surface area contributed by atoms with Gasteiger partial charge in [-0.3, -0.25) is 9.59 Å². The molecule has 5 fully saturated rings. The highest BCUT2D eigenvalue weighted by Crippen LogP contribution is 2.60. The van der Waals surface area contributed by atoms with Crippen molar-refractivity contribution in [2.24, 2.45) is 23.2 Å². The van der Waals surface area contributed by atoms with Crippen LogP contribution in [0.4, 0.5) is 0 Å². The number of carbonyl (C=O) groups is 2. The molecule has 6 heteroatoms. The van der Waals surface area contributed by atoms with Crippen LogP contribution in [0, 0.1) is 23.2 Å². The van der Waals surface area contributed by atoms with Crippen LogP contribution in [0.2, 0.25) is 0 Å². The van der Waals surface area contributed by atoms with Gasteiger partial charge in [0.2, 0.25) is 11.8 Å². The van der Waals surface area contributed by atoms with E-state index in [1.807, 2.05) is 4.90 Å². The molecule has 0 aromatic rings. The van der Waals surface area contributed by atoms with E-state index in [4.69, 9.17) is 0 Å². The van der Waals surface area contributed by atoms with Crippen molar-refractivity contribution in [1.82, 2.24) is 15.5 Å². The average Bonchev–Trinajstić information content (AvgIpc) is 3.15. The van der Waals surface area contributed by atoms with E-state index in [1.54, 1.807) is 0 Å². The predicted octanol–water partition coefficient (Wildman–Crippen LogP) is 2.65. The fraction of sp³-hybridized carbons (Fsp3) is 0.818. The lowest BCUT2D eigenvalue weighted by Gasteiger charge is -2.56. The summed E-state index contributed by atoms with van der Waals surface area (Å²) in [5, 5.41) is 6.42. The zero-order valence-electron chi connectivity index (χ0n) is 16.8. The minimum atomic E-state index is -0.243. The van der Waals surface area contributed by atoms with Crippen LogP contribution in [-0.2, 0) is 9.59 Å². The molecule has 156 valence electrons. The smallest absolute Gasteiger partial charge is 0.243 e. The van der Waals surface area contributed by atoms with Gasteiger partial charge in [0, 0.05) is 19.6 Å². The lowest BCUT2D eigenvalue weighted by Crippen LogP contribution is -2.57. The van der Waals surface area contributed by atoms with E-state index in [0.29, 0.717) is 12.5 Å². The first kappa shape index (κ1) is 20.2. The summed E-state index contributed by atoms with van der Waals surface area (Å²) in [6.45, 7) is 3.29. The number of halogens is 1. The SMILES string of the molecule is Cl.O=C(NCC1=CCNCC1)C1CCCN1C(=O)C12CC3CC(CC(C3)C1)C2. The van der Waals surface area contributed by atoms with Crippen molar-refractivity contribution in [2.75, 3.05) is 26.2 Å². The van der Waals surface area contributed by atoms with Crippen LogP contribution in [0.1, 0.15) is 57.8 Å². The molecule has 1 atom stereocenters. The maximum atomic E-state index is 13.6. The maximum Gasteiger partial charge on any atom is 0.243 e. The van der Waals surface area contributed by atoms with Crippen LogP contribution < -0.4 is 10.6 Å². The molecule has 5 nitrogen and oxygen atoms in total. The Bertz CT molecular complexity index is 627. The minimum absolute atomic E-state index is 0. The highest BCUT2D eigenvalue weighted by molar-refractivity contribution is 5.91. The van der Waals surface area contributed by atoms with Crippen LogP contribution in [0.3, 0.4) is 0 Å². The standard InChI is InChI=1S/C22H33N3O2.ClH/c26-20(24-14-15-3-5-23-6-4-15)19-2-1-7-25(19)21(27)22-11-16-8-17(12-22)10-18(9-16)13-22;/h3,16-19,23H,1-2,4-14H2,(H,24,26);1H. The minimum Gasteiger partial charge on any atom is -0.351 e. The molecule has 0 radical (unpaired) electrons. The van der Waals surface area contributed by atoms with Gasteiger partial charge in [-0.1, -0.05) is 11.6 Å². The fourth-order valence-corrected chi connectivity index (χ4v) is 7.11. The summed E-state index contributed by atoms with van der Waals surface area (Å²) >= 11 is 0. The Balaban J connectivity index is 0.00000192. The molecule has 4 saturated carbocycles. The second kappa shape index (κ2) is 7.98. The first-order valence-corrected chi connectivity index (χ1v) is 11.1. The number of rotatable bonds is 4. The van der Waals surface area contributed by atoms with Crippen molar-refractivity contribution >= 4 is 24.2 Å². The van der Waals surface area contributed by atoms with Gasteiger partial charge in [0.1, 0.15) is 6.04 Å². The monoisotopic (exact) mass is 407 g/mol. The molecule has 6 rings (SSSR count). The van der Waals surface area contributed by atoms with Crippen molar-refractivity contribution in [1.29, 1.82) is 0 Å². The molecule has 4 bridgehead atoms. The Morgan fingerprint density at radius 2 is 1.82 bits per heavy atom. The van der Waals surface area contributed by atoms with Crippen LogP contribution in [-0.4, -0.2) is 48.9 Å². The summed E-state index contributed by atoms with van der Waals surface area (Å²) in [4.78, 5) is 28.5. The Morgan fingerprint density at radius 3 is 2.43 bits per heavy atom. The van der Waals surface area contributed by atoms with E-state index in [9.17, 15) is 9.59 Å².